The van der Waals surface area contributed by atoms with Crippen molar-refractivity contribution in [3.63, 3.8) is 0 Å². The molecular formula is C20H18ClNO3. The van der Waals surface area contributed by atoms with Gasteiger partial charge in [0.1, 0.15) is 0 Å². The van der Waals surface area contributed by atoms with Gasteiger partial charge in [-0.15, -0.1) is 0 Å². The van der Waals surface area contributed by atoms with Gasteiger partial charge >= 0.3 is 5.97 Å². The molecule has 0 saturated heterocycles. The number of amides is 1. The normalized spacial score (nSPS) is 16.9. The number of halogens is 1. The molecule has 1 aliphatic carbocycles. The van der Waals surface area contributed by atoms with Gasteiger partial charge in [0.25, 0.3) is 0 Å². The highest BCUT2D eigenvalue weighted by atomic mass is 35.5. The molecule has 0 aromatic heterocycles. The average Bonchev–Trinajstić information content (AvgIpc) is 3.39. The van der Waals surface area contributed by atoms with Crippen LogP contribution in [0, 0.1) is 0 Å². The van der Waals surface area contributed by atoms with Crippen molar-refractivity contribution >= 4 is 34.9 Å². The highest BCUT2D eigenvalue weighted by Crippen LogP contribution is 2.60. The maximum absolute atomic E-state index is 13.0. The number of hydrogen-bond donors (Lipinski definition) is 0. The van der Waals surface area contributed by atoms with Crippen LogP contribution < -0.4 is 4.90 Å². The highest BCUT2D eigenvalue weighted by Gasteiger charge is 2.59. The van der Waals surface area contributed by atoms with Crippen LogP contribution in [-0.4, -0.2) is 19.0 Å². The summed E-state index contributed by atoms with van der Waals surface area (Å²) in [7, 11) is 1.39. The number of rotatable bonds is 4. The first-order valence-electron chi connectivity index (χ1n) is 8.36. The topological polar surface area (TPSA) is 46.6 Å². The van der Waals surface area contributed by atoms with Gasteiger partial charge in [0.05, 0.1) is 23.2 Å². The van der Waals surface area contributed by atoms with Crippen LogP contribution in [0.3, 0.4) is 0 Å². The van der Waals surface area contributed by atoms with Crippen molar-refractivity contribution in [2.75, 3.05) is 12.0 Å². The second kappa shape index (κ2) is 5.88. The Morgan fingerprint density at radius 1 is 1.20 bits per heavy atom. The fraction of sp³-hybridized carbons (Fsp3) is 0.300. The van der Waals surface area contributed by atoms with Gasteiger partial charge in [-0.05, 0) is 48.6 Å². The molecule has 0 atom stereocenters. The number of nitrogens with zero attached hydrogens (tertiary/aromatic N) is 1. The zero-order valence-corrected chi connectivity index (χ0v) is 14.7. The molecule has 0 bridgehead atoms. The SMILES string of the molecule is COC(=O)CCc1ccc(N2C(=O)C3(CC3)c3cccc(Cl)c32)cc1. The summed E-state index contributed by atoms with van der Waals surface area (Å²) in [5.41, 5.74) is 3.32. The zero-order valence-electron chi connectivity index (χ0n) is 13.9. The molecule has 1 spiro atoms. The average molecular weight is 356 g/mol. The number of para-hydroxylation sites is 1. The lowest BCUT2D eigenvalue weighted by atomic mass is 9.98. The number of carbonyl (C=O) groups excluding carboxylic acids is 2. The number of benzene rings is 2. The number of hydrogen-bond acceptors (Lipinski definition) is 3. The van der Waals surface area contributed by atoms with Gasteiger partial charge in [-0.2, -0.15) is 0 Å². The first-order valence-corrected chi connectivity index (χ1v) is 8.74. The molecule has 2 aromatic carbocycles. The van der Waals surface area contributed by atoms with E-state index in [0.717, 1.165) is 35.3 Å². The Hall–Kier alpha value is -2.33. The first kappa shape index (κ1) is 16.2. The third-order valence-corrected chi connectivity index (χ3v) is 5.43. The zero-order chi connectivity index (χ0) is 17.6. The molecule has 0 unspecified atom stereocenters. The number of aryl methyl sites for hydroxylation is 1. The van der Waals surface area contributed by atoms with E-state index in [1.165, 1.54) is 7.11 Å². The maximum atomic E-state index is 13.0. The van der Waals surface area contributed by atoms with Gasteiger partial charge in [0.2, 0.25) is 5.91 Å². The van der Waals surface area contributed by atoms with Gasteiger partial charge in [-0.1, -0.05) is 35.9 Å². The van der Waals surface area contributed by atoms with Crippen LogP contribution in [0.2, 0.25) is 5.02 Å². The van der Waals surface area contributed by atoms with Crippen LogP contribution in [0.4, 0.5) is 11.4 Å². The molecule has 4 nitrogen and oxygen atoms in total. The lowest BCUT2D eigenvalue weighted by molar-refractivity contribution is -0.140. The minimum absolute atomic E-state index is 0.109. The summed E-state index contributed by atoms with van der Waals surface area (Å²) in [5, 5.41) is 0.601. The Bertz CT molecular complexity index is 856. The van der Waals surface area contributed by atoms with E-state index in [9.17, 15) is 9.59 Å². The number of methoxy groups -OCH3 is 1. The number of ether oxygens (including phenoxy) is 1. The summed E-state index contributed by atoms with van der Waals surface area (Å²) in [6, 6.07) is 13.5. The van der Waals surface area contributed by atoms with Crippen LogP contribution in [0.1, 0.15) is 30.4 Å². The molecule has 1 amide bonds. The smallest absolute Gasteiger partial charge is 0.305 e. The summed E-state index contributed by atoms with van der Waals surface area (Å²) in [6.07, 6.45) is 2.72. The summed E-state index contributed by atoms with van der Waals surface area (Å²) in [5.74, 6) is -0.118. The Labute approximate surface area is 151 Å². The van der Waals surface area contributed by atoms with E-state index in [0.29, 0.717) is 17.9 Å². The highest BCUT2D eigenvalue weighted by molar-refractivity contribution is 6.35. The van der Waals surface area contributed by atoms with Crippen molar-refractivity contribution in [1.29, 1.82) is 0 Å². The van der Waals surface area contributed by atoms with Crippen molar-refractivity contribution in [1.82, 2.24) is 0 Å². The summed E-state index contributed by atoms with van der Waals surface area (Å²) >= 11 is 6.42. The van der Waals surface area contributed by atoms with Crippen LogP contribution in [0.5, 0.6) is 0 Å². The lowest BCUT2D eigenvalue weighted by Crippen LogP contribution is -2.27. The van der Waals surface area contributed by atoms with E-state index in [4.69, 9.17) is 11.6 Å². The van der Waals surface area contributed by atoms with Gasteiger partial charge in [-0.3, -0.25) is 14.5 Å². The Kier molecular flexibility index (Phi) is 3.80. The predicted octanol–water partition coefficient (Wildman–Crippen LogP) is 4.16. The fourth-order valence-corrected chi connectivity index (χ4v) is 3.83. The number of anilines is 2. The monoisotopic (exact) mass is 355 g/mol. The van der Waals surface area contributed by atoms with Crippen LogP contribution in [0.15, 0.2) is 42.5 Å². The molecule has 1 saturated carbocycles. The Balaban J connectivity index is 1.65. The van der Waals surface area contributed by atoms with Crippen molar-refractivity contribution in [2.24, 2.45) is 0 Å². The van der Waals surface area contributed by atoms with E-state index in [1.807, 2.05) is 42.5 Å². The quantitative estimate of drug-likeness (QED) is 0.774. The molecule has 2 aromatic rings. The summed E-state index contributed by atoms with van der Waals surface area (Å²) in [4.78, 5) is 26.1. The van der Waals surface area contributed by atoms with Gasteiger partial charge in [0.15, 0.2) is 0 Å². The molecule has 5 heteroatoms. The van der Waals surface area contributed by atoms with Gasteiger partial charge in [0, 0.05) is 12.1 Å². The predicted molar refractivity (Wildman–Crippen MR) is 96.3 cm³/mol. The standard InChI is InChI=1S/C20H18ClNO3/c1-25-17(23)10-7-13-5-8-14(9-6-13)22-18-15(3-2-4-16(18)21)20(11-12-20)19(22)24/h2-6,8-9H,7,10-12H2,1H3. The number of fused-ring (bicyclic) bond motifs is 2. The van der Waals surface area contributed by atoms with Crippen LogP contribution in [-0.2, 0) is 26.2 Å². The Morgan fingerprint density at radius 2 is 1.92 bits per heavy atom. The third kappa shape index (κ3) is 2.52. The second-order valence-electron chi connectivity index (χ2n) is 6.60. The number of carbonyl (C=O) groups is 2. The molecule has 1 aliphatic heterocycles. The van der Waals surface area contributed by atoms with Crippen molar-refractivity contribution < 1.29 is 14.3 Å². The van der Waals surface area contributed by atoms with E-state index < -0.39 is 0 Å². The molecule has 0 radical (unpaired) electrons. The van der Waals surface area contributed by atoms with Crippen LogP contribution >= 0.6 is 11.6 Å². The second-order valence-corrected chi connectivity index (χ2v) is 7.01. The maximum Gasteiger partial charge on any atom is 0.305 e. The fourth-order valence-electron chi connectivity index (χ4n) is 3.57. The minimum atomic E-state index is -0.371. The van der Waals surface area contributed by atoms with E-state index in [2.05, 4.69) is 4.74 Å². The van der Waals surface area contributed by atoms with E-state index in [1.54, 1.807) is 4.90 Å². The van der Waals surface area contributed by atoms with Crippen LogP contribution in [0.25, 0.3) is 0 Å². The van der Waals surface area contributed by atoms with Crippen molar-refractivity contribution in [2.45, 2.75) is 31.1 Å². The third-order valence-electron chi connectivity index (χ3n) is 5.13. The van der Waals surface area contributed by atoms with Crippen molar-refractivity contribution in [3.8, 4) is 0 Å². The molecule has 4 rings (SSSR count). The minimum Gasteiger partial charge on any atom is -0.469 e. The summed E-state index contributed by atoms with van der Waals surface area (Å²) < 4.78 is 4.67. The van der Waals surface area contributed by atoms with Gasteiger partial charge in [-0.25, -0.2) is 0 Å². The molecular weight excluding hydrogens is 338 g/mol. The molecule has 128 valence electrons. The largest absolute Gasteiger partial charge is 0.469 e. The Morgan fingerprint density at radius 3 is 2.56 bits per heavy atom. The first-order chi connectivity index (χ1) is 12.1. The van der Waals surface area contributed by atoms with E-state index >= 15 is 0 Å². The number of esters is 1. The molecule has 25 heavy (non-hydrogen) atoms. The molecule has 0 N–H and O–H groups in total. The molecule has 1 heterocycles. The van der Waals surface area contributed by atoms with Crippen molar-refractivity contribution in [3.05, 3.63) is 58.6 Å². The summed E-state index contributed by atoms with van der Waals surface area (Å²) in [6.45, 7) is 0. The molecule has 2 aliphatic rings. The lowest BCUT2D eigenvalue weighted by Gasteiger charge is -2.19. The molecule has 1 fully saturated rings. The van der Waals surface area contributed by atoms with Gasteiger partial charge < -0.3 is 4.74 Å². The van der Waals surface area contributed by atoms with E-state index in [-0.39, 0.29) is 17.3 Å².